The van der Waals surface area contributed by atoms with Crippen LogP contribution in [0, 0.1) is 11.6 Å². The molecule has 16 nitrogen and oxygen atoms in total. The first-order valence-corrected chi connectivity index (χ1v) is 26.3. The average molecular weight is 1180 g/mol. The zero-order chi connectivity index (χ0) is 61.0. The third-order valence-corrected chi connectivity index (χ3v) is 12.3. The van der Waals surface area contributed by atoms with Gasteiger partial charge >= 0.3 is 12.4 Å². The van der Waals surface area contributed by atoms with E-state index < -0.39 is 65.6 Å². The normalized spacial score (nSPS) is 12.5. The smallest absolute Gasteiger partial charge is 0.391 e. The second-order valence-corrected chi connectivity index (χ2v) is 20.5. The SMILES string of the molecule is CC(C)(C)O.CCN(C(C)C)C(C)C.Clc1ncnc2[nH]ccc12.N[C@@H](CC(F)(F)F)c1nc2cccc(F)c2c(=O)n1-c1ccccc1.O=c1c2c(F)cccc2nc([C@H](CC(F)(F)F)Nc2ncnc3[nH]ccc23)n1-c1ccccc1. The van der Waals surface area contributed by atoms with Crippen LogP contribution in [0.1, 0.15) is 92.0 Å². The number of hydrogen-bond donors (Lipinski definition) is 5. The number of halogens is 9. The number of aromatic nitrogens is 10. The number of H-pyrrole nitrogens is 2. The fourth-order valence-corrected chi connectivity index (χ4v) is 8.84. The van der Waals surface area contributed by atoms with Gasteiger partial charge in [0.25, 0.3) is 11.1 Å². The van der Waals surface area contributed by atoms with Crippen molar-refractivity contribution >= 4 is 61.3 Å². The van der Waals surface area contributed by atoms with Crippen LogP contribution in [0.25, 0.3) is 55.2 Å². The second kappa shape index (κ2) is 27.7. The summed E-state index contributed by atoms with van der Waals surface area (Å²) in [5, 5.41) is 12.5. The van der Waals surface area contributed by atoms with Crippen molar-refractivity contribution in [2.45, 2.75) is 110 Å². The molecule has 0 saturated heterocycles. The number of fused-ring (bicyclic) bond motifs is 4. The Balaban J connectivity index is 0.000000195. The Hall–Kier alpha value is -8.19. The number of benzene rings is 4. The highest BCUT2D eigenvalue weighted by Crippen LogP contribution is 2.34. The van der Waals surface area contributed by atoms with Crippen molar-refractivity contribution in [1.29, 1.82) is 0 Å². The van der Waals surface area contributed by atoms with Crippen molar-refractivity contribution in [1.82, 2.24) is 53.9 Å². The highest BCUT2D eigenvalue weighted by molar-refractivity contribution is 6.33. The van der Waals surface area contributed by atoms with E-state index in [9.17, 15) is 44.7 Å². The molecule has 0 saturated carbocycles. The van der Waals surface area contributed by atoms with Gasteiger partial charge in [-0.05, 0) is 116 Å². The molecule has 0 aliphatic carbocycles. The highest BCUT2D eigenvalue weighted by atomic mass is 35.5. The number of nitrogens with zero attached hydrogens (tertiary/aromatic N) is 9. The van der Waals surface area contributed by atoms with Crippen molar-refractivity contribution in [2.24, 2.45) is 5.73 Å². The number of alkyl halides is 6. The number of aliphatic hydroxyl groups is 1. The largest absolute Gasteiger partial charge is 0.391 e. The zero-order valence-electron chi connectivity index (χ0n) is 46.4. The quantitative estimate of drug-likeness (QED) is 0.0604. The van der Waals surface area contributed by atoms with Gasteiger partial charge in [0.05, 0.1) is 63.7 Å². The molecular weight excluding hydrogens is 1110 g/mol. The molecular formula is C58H62ClF8N13O3. The summed E-state index contributed by atoms with van der Waals surface area (Å²) in [6.07, 6.45) is -5.85. The van der Waals surface area contributed by atoms with Crippen molar-refractivity contribution in [2.75, 3.05) is 11.9 Å². The van der Waals surface area contributed by atoms with E-state index in [4.69, 9.17) is 22.4 Å². The Morgan fingerprint density at radius 2 is 1.06 bits per heavy atom. The van der Waals surface area contributed by atoms with E-state index in [1.807, 2.05) is 6.07 Å². The van der Waals surface area contributed by atoms with E-state index in [-0.39, 0.29) is 50.6 Å². The van der Waals surface area contributed by atoms with Crippen molar-refractivity contribution in [3.63, 3.8) is 0 Å². The molecule has 6 aromatic heterocycles. The molecule has 83 heavy (non-hydrogen) atoms. The Bertz CT molecular complexity index is 3830. The van der Waals surface area contributed by atoms with Gasteiger partial charge < -0.3 is 26.1 Å². The first-order chi connectivity index (χ1) is 39.1. The van der Waals surface area contributed by atoms with Crippen LogP contribution in [-0.2, 0) is 0 Å². The highest BCUT2D eigenvalue weighted by Gasteiger charge is 2.37. The predicted octanol–water partition coefficient (Wildman–Crippen LogP) is 12.9. The summed E-state index contributed by atoms with van der Waals surface area (Å²) < 4.78 is 110. The summed E-state index contributed by atoms with van der Waals surface area (Å²) >= 11 is 5.73. The Morgan fingerprint density at radius 1 is 0.627 bits per heavy atom. The maximum atomic E-state index is 14.6. The fourth-order valence-electron chi connectivity index (χ4n) is 8.65. The maximum absolute atomic E-state index is 14.6. The number of nitrogens with one attached hydrogen (secondary N) is 3. The number of nitrogens with two attached hydrogens (primary N) is 1. The lowest BCUT2D eigenvalue weighted by Gasteiger charge is -2.28. The zero-order valence-corrected chi connectivity index (χ0v) is 47.2. The van der Waals surface area contributed by atoms with Gasteiger partial charge in [0.2, 0.25) is 0 Å². The molecule has 0 aliphatic heterocycles. The molecule has 0 unspecified atom stereocenters. The van der Waals surface area contributed by atoms with E-state index in [0.717, 1.165) is 38.8 Å². The lowest BCUT2D eigenvalue weighted by Crippen LogP contribution is -2.36. The minimum absolute atomic E-state index is 0.0372. The van der Waals surface area contributed by atoms with Crippen LogP contribution in [0.4, 0.5) is 40.9 Å². The first kappa shape index (κ1) is 64.0. The van der Waals surface area contributed by atoms with Gasteiger partial charge in [0, 0.05) is 24.5 Å². The molecule has 6 N–H and O–H groups in total. The minimum atomic E-state index is -4.61. The molecule has 6 heterocycles. The lowest BCUT2D eigenvalue weighted by atomic mass is 10.1. The van der Waals surface area contributed by atoms with E-state index in [2.05, 4.69) is 84.7 Å². The molecule has 0 radical (unpaired) electrons. The van der Waals surface area contributed by atoms with Gasteiger partial charge in [-0.15, -0.1) is 0 Å². The Kier molecular flexibility index (Phi) is 21.4. The molecule has 10 aromatic rings. The summed E-state index contributed by atoms with van der Waals surface area (Å²) in [5.74, 6) is -1.97. The average Bonchev–Trinajstić information content (AvgIpc) is 2.51. The molecule has 0 bridgehead atoms. The summed E-state index contributed by atoms with van der Waals surface area (Å²) in [6.45, 7) is 17.6. The lowest BCUT2D eigenvalue weighted by molar-refractivity contribution is -0.139. The molecule has 4 aromatic carbocycles. The van der Waals surface area contributed by atoms with Crippen LogP contribution in [0.15, 0.2) is 144 Å². The second-order valence-electron chi connectivity index (χ2n) is 20.2. The van der Waals surface area contributed by atoms with Crippen molar-refractivity contribution in [3.05, 3.63) is 183 Å². The molecule has 25 heteroatoms. The molecule has 0 aliphatic rings. The van der Waals surface area contributed by atoms with Crippen LogP contribution in [0.2, 0.25) is 5.15 Å². The van der Waals surface area contributed by atoms with Gasteiger partial charge in [-0.25, -0.2) is 38.7 Å². The van der Waals surface area contributed by atoms with E-state index >= 15 is 0 Å². The number of para-hydroxylation sites is 2. The molecule has 0 amide bonds. The van der Waals surface area contributed by atoms with E-state index in [1.54, 1.807) is 87.8 Å². The molecule has 440 valence electrons. The standard InChI is InChI=1S/C23H16F4N6O.C17H13F4N3O.C8H19N.C6H4ClN3.C4H10O/c24-15-7-4-8-16-18(15)22(34)33(13-5-2-1-3-6-13)21(32-16)17(11-23(25,26)27)31-20-14-9-10-28-19(14)29-12-30-20;18-11-7-4-8-13-14(11)16(25)24(10-5-2-1-3-6-10)15(23-13)12(22)9-17(19,20)21;1-6-9(7(2)3)8(4)5;7-5-4-1-2-8-6(4)10-3-9-5;1-4(2,3)5/h1-10,12,17H,11H2,(H2,28,29,30,31);1-8,12H,9,22H2;7-8H,6H2,1-5H3;1-3H,(H,8,9,10);5H,1-3H3/t17-;12-;;;/m00.../s1. The van der Waals surface area contributed by atoms with Crippen LogP contribution in [0.5, 0.6) is 0 Å². The molecule has 0 fully saturated rings. The number of aromatic amines is 2. The monoisotopic (exact) mass is 1180 g/mol. The summed E-state index contributed by atoms with van der Waals surface area (Å²) in [6, 6.07) is 25.3. The van der Waals surface area contributed by atoms with E-state index in [1.165, 1.54) is 49.1 Å². The summed E-state index contributed by atoms with van der Waals surface area (Å²) in [7, 11) is 0. The fraction of sp³-hybridized carbons (Fsp3) is 0.310. The van der Waals surface area contributed by atoms with Crippen LogP contribution in [-0.4, -0.2) is 95.6 Å². The topological polar surface area (TPSA) is 214 Å². The third kappa shape index (κ3) is 17.4. The van der Waals surface area contributed by atoms with Crippen molar-refractivity contribution < 1.29 is 40.2 Å². The van der Waals surface area contributed by atoms with Gasteiger partial charge in [0.1, 0.15) is 69.0 Å². The first-order valence-electron chi connectivity index (χ1n) is 25.9. The number of hydrogen-bond acceptors (Lipinski definition) is 12. The van der Waals surface area contributed by atoms with Crippen LogP contribution < -0.4 is 22.2 Å². The van der Waals surface area contributed by atoms with Gasteiger partial charge in [-0.2, -0.15) is 26.3 Å². The number of rotatable bonds is 11. The predicted molar refractivity (Wildman–Crippen MR) is 307 cm³/mol. The van der Waals surface area contributed by atoms with Crippen molar-refractivity contribution in [3.8, 4) is 11.4 Å². The minimum Gasteiger partial charge on any atom is -0.391 e. The molecule has 10 rings (SSSR count). The summed E-state index contributed by atoms with van der Waals surface area (Å²) in [5.41, 5.74) is 5.20. The van der Waals surface area contributed by atoms with Gasteiger partial charge in [0.15, 0.2) is 0 Å². The Morgan fingerprint density at radius 3 is 1.49 bits per heavy atom. The number of anilines is 1. The van der Waals surface area contributed by atoms with E-state index in [0.29, 0.717) is 28.3 Å². The van der Waals surface area contributed by atoms with Crippen LogP contribution in [0.3, 0.4) is 0 Å². The third-order valence-electron chi connectivity index (χ3n) is 12.0. The Labute approximate surface area is 476 Å². The molecule has 0 spiro atoms. The van der Waals surface area contributed by atoms with Gasteiger partial charge in [-0.1, -0.05) is 67.1 Å². The van der Waals surface area contributed by atoms with Crippen LogP contribution >= 0.6 is 11.6 Å². The van der Waals surface area contributed by atoms with Gasteiger partial charge in [-0.3, -0.25) is 23.6 Å². The molecule has 2 atom stereocenters. The summed E-state index contributed by atoms with van der Waals surface area (Å²) in [4.78, 5) is 58.7. The maximum Gasteiger partial charge on any atom is 0.391 e.